The smallest absolute Gasteiger partial charge is 0.214 e. The number of nitrogens with one attached hydrogen (secondary N) is 1. The van der Waals surface area contributed by atoms with Crippen LogP contribution in [0.4, 0.5) is 5.69 Å². The van der Waals surface area contributed by atoms with Crippen molar-refractivity contribution in [1.82, 2.24) is 5.43 Å². The number of hydrazone groups is 1. The van der Waals surface area contributed by atoms with Gasteiger partial charge in [-0.1, -0.05) is 59.1 Å². The van der Waals surface area contributed by atoms with Crippen LogP contribution in [0.25, 0.3) is 0 Å². The van der Waals surface area contributed by atoms with Crippen molar-refractivity contribution in [2.24, 2.45) is 15.8 Å². The predicted molar refractivity (Wildman–Crippen MR) is 122 cm³/mol. The van der Waals surface area contributed by atoms with Gasteiger partial charge in [0.15, 0.2) is 0 Å². The van der Waals surface area contributed by atoms with E-state index >= 15 is 0 Å². The van der Waals surface area contributed by atoms with Gasteiger partial charge in [-0.15, -0.1) is 12.4 Å². The van der Waals surface area contributed by atoms with Crippen molar-refractivity contribution in [3.8, 4) is 0 Å². The minimum atomic E-state index is 0. The molecule has 0 aliphatic heterocycles. The van der Waals surface area contributed by atoms with Crippen molar-refractivity contribution in [1.29, 1.82) is 0 Å². The summed E-state index contributed by atoms with van der Waals surface area (Å²) in [6, 6.07) is 21.7. The molecule has 3 aromatic carbocycles. The molecule has 8 heteroatoms. The summed E-state index contributed by atoms with van der Waals surface area (Å²) in [5.41, 5.74) is 11.8. The summed E-state index contributed by atoms with van der Waals surface area (Å²) in [6.45, 7) is 0. The molecule has 0 amide bonds. The molecule has 144 valence electrons. The van der Waals surface area contributed by atoms with Gasteiger partial charge in [-0.05, 0) is 48.5 Å². The van der Waals surface area contributed by atoms with Crippen LogP contribution < -0.4 is 11.2 Å². The van der Waals surface area contributed by atoms with Crippen molar-refractivity contribution < 1.29 is 0 Å². The van der Waals surface area contributed by atoms with Gasteiger partial charge < -0.3 is 5.73 Å². The predicted octanol–water partition coefficient (Wildman–Crippen LogP) is 6.06. The molecule has 0 spiro atoms. The third-order valence-electron chi connectivity index (χ3n) is 3.59. The Labute approximate surface area is 184 Å². The monoisotopic (exact) mass is 452 g/mol. The fraction of sp³-hybridized carbons (Fsp3) is 0. The number of guanidine groups is 1. The average Bonchev–Trinajstić information content (AvgIpc) is 2.66. The molecule has 3 aromatic rings. The molecule has 3 rings (SSSR count). The van der Waals surface area contributed by atoms with E-state index in [2.05, 4.69) is 15.5 Å². The standard InChI is InChI=1S/C20H15Cl3N4.ClH/c21-15-5-1-13(2-6-15)19(14-3-7-16(22)8-4-14)26-27-20(24)25-18-11-9-17(23)10-12-18;/h1-12H,(H3,24,25,27);1H. The van der Waals surface area contributed by atoms with E-state index in [1.807, 2.05) is 24.3 Å². The molecule has 0 unspecified atom stereocenters. The summed E-state index contributed by atoms with van der Waals surface area (Å²) in [6.07, 6.45) is 0. The number of hydrogen-bond acceptors (Lipinski definition) is 2. The lowest BCUT2D eigenvalue weighted by Gasteiger charge is -2.09. The second-order valence-electron chi connectivity index (χ2n) is 5.56. The molecule has 0 aliphatic rings. The maximum atomic E-state index is 5.99. The van der Waals surface area contributed by atoms with Gasteiger partial charge >= 0.3 is 0 Å². The molecule has 0 radical (unpaired) electrons. The van der Waals surface area contributed by atoms with E-state index < -0.39 is 0 Å². The van der Waals surface area contributed by atoms with E-state index in [0.29, 0.717) is 26.5 Å². The Balaban J connectivity index is 0.00000280. The summed E-state index contributed by atoms with van der Waals surface area (Å²) in [7, 11) is 0. The molecule has 0 aliphatic carbocycles. The lowest BCUT2D eigenvalue weighted by atomic mass is 10.0. The van der Waals surface area contributed by atoms with Crippen LogP contribution in [0.1, 0.15) is 11.1 Å². The Kier molecular flexibility index (Phi) is 8.15. The fourth-order valence-electron chi connectivity index (χ4n) is 2.30. The first-order chi connectivity index (χ1) is 13.0. The minimum Gasteiger partial charge on any atom is -0.368 e. The second-order valence-corrected chi connectivity index (χ2v) is 6.87. The molecule has 4 nitrogen and oxygen atoms in total. The van der Waals surface area contributed by atoms with E-state index in [9.17, 15) is 0 Å². The van der Waals surface area contributed by atoms with Crippen LogP contribution in [0.5, 0.6) is 0 Å². The average molecular weight is 454 g/mol. The van der Waals surface area contributed by atoms with Crippen LogP contribution in [0.2, 0.25) is 15.1 Å². The third-order valence-corrected chi connectivity index (χ3v) is 4.35. The number of nitrogens with zero attached hydrogens (tertiary/aromatic N) is 2. The highest BCUT2D eigenvalue weighted by Crippen LogP contribution is 2.18. The van der Waals surface area contributed by atoms with E-state index in [1.165, 1.54) is 0 Å². The van der Waals surface area contributed by atoms with E-state index in [0.717, 1.165) is 11.1 Å². The maximum Gasteiger partial charge on any atom is 0.214 e. The summed E-state index contributed by atoms with van der Waals surface area (Å²) >= 11 is 17.9. The second kappa shape index (κ2) is 10.3. The molecule has 0 fully saturated rings. The Morgan fingerprint density at radius 3 is 1.50 bits per heavy atom. The van der Waals surface area contributed by atoms with Crippen LogP contribution in [-0.2, 0) is 0 Å². The van der Waals surface area contributed by atoms with E-state index in [-0.39, 0.29) is 18.4 Å². The largest absolute Gasteiger partial charge is 0.368 e. The molecule has 0 saturated heterocycles. The van der Waals surface area contributed by atoms with Gasteiger partial charge in [0.2, 0.25) is 5.96 Å². The minimum absolute atomic E-state index is 0. The number of hydrogen-bond donors (Lipinski definition) is 2. The van der Waals surface area contributed by atoms with Gasteiger partial charge in [-0.2, -0.15) is 5.10 Å². The number of rotatable bonds is 4. The van der Waals surface area contributed by atoms with Crippen LogP contribution in [0.15, 0.2) is 82.9 Å². The van der Waals surface area contributed by atoms with E-state index in [1.54, 1.807) is 48.5 Å². The van der Waals surface area contributed by atoms with Gasteiger partial charge in [0.1, 0.15) is 0 Å². The van der Waals surface area contributed by atoms with Crippen LogP contribution in [0.3, 0.4) is 0 Å². The lowest BCUT2D eigenvalue weighted by Crippen LogP contribution is -2.28. The van der Waals surface area contributed by atoms with Crippen molar-refractivity contribution in [3.63, 3.8) is 0 Å². The molecule has 28 heavy (non-hydrogen) atoms. The van der Waals surface area contributed by atoms with Crippen LogP contribution >= 0.6 is 47.2 Å². The van der Waals surface area contributed by atoms with Gasteiger partial charge in [-0.3, -0.25) is 0 Å². The number of benzene rings is 3. The zero-order valence-corrected chi connectivity index (χ0v) is 17.5. The summed E-state index contributed by atoms with van der Waals surface area (Å²) < 4.78 is 0. The van der Waals surface area contributed by atoms with Gasteiger partial charge in [-0.25, -0.2) is 10.4 Å². The molecule has 0 saturated carbocycles. The Morgan fingerprint density at radius 2 is 1.07 bits per heavy atom. The zero-order valence-electron chi connectivity index (χ0n) is 14.4. The quantitative estimate of drug-likeness (QED) is 0.286. The molecule has 0 heterocycles. The lowest BCUT2D eigenvalue weighted by molar-refractivity contribution is 1.01. The molecule has 0 aromatic heterocycles. The van der Waals surface area contributed by atoms with Crippen molar-refractivity contribution >= 4 is 64.6 Å². The highest BCUT2D eigenvalue weighted by Gasteiger charge is 2.08. The highest BCUT2D eigenvalue weighted by atomic mass is 35.5. The number of halogens is 4. The Hall–Kier alpha value is -2.24. The molecular weight excluding hydrogens is 438 g/mol. The molecular formula is C20H16Cl4N4. The van der Waals surface area contributed by atoms with Crippen molar-refractivity contribution in [2.75, 3.05) is 0 Å². The first kappa shape index (κ1) is 22.1. The van der Waals surface area contributed by atoms with Gasteiger partial charge in [0, 0.05) is 26.2 Å². The van der Waals surface area contributed by atoms with Crippen molar-refractivity contribution in [2.45, 2.75) is 0 Å². The topological polar surface area (TPSA) is 62.8 Å². The summed E-state index contributed by atoms with van der Waals surface area (Å²) in [4.78, 5) is 4.26. The third kappa shape index (κ3) is 6.14. The SMILES string of the molecule is Cl.NC(=Nc1ccc(Cl)cc1)NN=C(c1ccc(Cl)cc1)c1ccc(Cl)cc1. The summed E-state index contributed by atoms with van der Waals surface area (Å²) in [5, 5.41) is 6.36. The summed E-state index contributed by atoms with van der Waals surface area (Å²) in [5.74, 6) is 0.151. The fourth-order valence-corrected chi connectivity index (χ4v) is 2.68. The Morgan fingerprint density at radius 1 is 0.679 bits per heavy atom. The van der Waals surface area contributed by atoms with Crippen LogP contribution in [-0.4, -0.2) is 11.7 Å². The first-order valence-electron chi connectivity index (χ1n) is 7.96. The van der Waals surface area contributed by atoms with Crippen molar-refractivity contribution in [3.05, 3.63) is 99.0 Å². The normalized spacial score (nSPS) is 10.8. The molecule has 0 atom stereocenters. The maximum absolute atomic E-state index is 5.99. The van der Waals surface area contributed by atoms with E-state index in [4.69, 9.17) is 40.5 Å². The zero-order chi connectivity index (χ0) is 19.2. The number of aliphatic imine (C=N–C) groups is 1. The van der Waals surface area contributed by atoms with Crippen LogP contribution in [0, 0.1) is 0 Å². The van der Waals surface area contributed by atoms with Gasteiger partial charge in [0.25, 0.3) is 0 Å². The first-order valence-corrected chi connectivity index (χ1v) is 9.10. The Bertz CT molecular complexity index is 919. The molecule has 3 N–H and O–H groups in total. The molecule has 0 bridgehead atoms. The highest BCUT2D eigenvalue weighted by molar-refractivity contribution is 6.31. The van der Waals surface area contributed by atoms with Gasteiger partial charge in [0.05, 0.1) is 11.4 Å². The number of nitrogens with two attached hydrogens (primary N) is 1.